The number of carbonyl (C=O) groups is 3. The third kappa shape index (κ3) is 4.26. The molecule has 1 heterocycles. The third-order valence-electron chi connectivity index (χ3n) is 4.29. The van der Waals surface area contributed by atoms with Gasteiger partial charge in [-0.15, -0.1) is 0 Å². The Labute approximate surface area is 147 Å². The summed E-state index contributed by atoms with van der Waals surface area (Å²) < 4.78 is 4.75. The number of benzene rings is 1. The molecule has 1 aliphatic heterocycles. The lowest BCUT2D eigenvalue weighted by Crippen LogP contribution is -2.46. The average molecular weight is 344 g/mol. The van der Waals surface area contributed by atoms with Crippen LogP contribution in [0.2, 0.25) is 0 Å². The van der Waals surface area contributed by atoms with Crippen molar-refractivity contribution in [2.24, 2.45) is 5.92 Å². The third-order valence-corrected chi connectivity index (χ3v) is 4.29. The number of ether oxygens (including phenoxy) is 1. The molecule has 0 spiro atoms. The molecule has 0 saturated carbocycles. The fourth-order valence-electron chi connectivity index (χ4n) is 2.95. The molecule has 0 aliphatic carbocycles. The average Bonchev–Trinajstić information content (AvgIpc) is 2.58. The number of hydrogen-bond donors (Lipinski definition) is 1. The van der Waals surface area contributed by atoms with Gasteiger partial charge in [-0.25, -0.2) is 4.79 Å². The van der Waals surface area contributed by atoms with Crippen molar-refractivity contribution in [2.75, 3.05) is 7.11 Å². The Balaban J connectivity index is 2.20. The van der Waals surface area contributed by atoms with Crippen LogP contribution in [-0.4, -0.2) is 35.8 Å². The zero-order chi connectivity index (χ0) is 18.6. The highest BCUT2D eigenvalue weighted by molar-refractivity contribution is 5.86. The van der Waals surface area contributed by atoms with E-state index in [1.165, 1.54) is 14.0 Å². The molecule has 1 unspecified atom stereocenters. The summed E-state index contributed by atoms with van der Waals surface area (Å²) >= 11 is 0. The molecule has 1 aromatic rings. The van der Waals surface area contributed by atoms with Crippen molar-refractivity contribution >= 4 is 23.9 Å². The van der Waals surface area contributed by atoms with E-state index in [-0.39, 0.29) is 24.2 Å². The van der Waals surface area contributed by atoms with Crippen LogP contribution in [0.5, 0.6) is 0 Å². The highest BCUT2D eigenvalue weighted by Crippen LogP contribution is 2.32. The fraction of sp³-hybridized carbons (Fsp3) is 0.421. The molecule has 0 aromatic heterocycles. The van der Waals surface area contributed by atoms with Gasteiger partial charge in [0, 0.05) is 13.1 Å². The van der Waals surface area contributed by atoms with Gasteiger partial charge in [-0.1, -0.05) is 38.1 Å². The topological polar surface area (TPSA) is 75.7 Å². The van der Waals surface area contributed by atoms with Crippen LogP contribution in [0, 0.1) is 5.92 Å². The van der Waals surface area contributed by atoms with Gasteiger partial charge in [0.2, 0.25) is 11.8 Å². The molecule has 2 rings (SSSR count). The normalized spacial score (nSPS) is 17.0. The van der Waals surface area contributed by atoms with Crippen LogP contribution >= 0.6 is 0 Å². The number of methoxy groups -OCH3 is 1. The molecule has 6 heteroatoms. The molecule has 25 heavy (non-hydrogen) atoms. The van der Waals surface area contributed by atoms with Gasteiger partial charge in [-0.3, -0.25) is 9.59 Å². The van der Waals surface area contributed by atoms with E-state index in [9.17, 15) is 14.4 Å². The highest BCUT2D eigenvalue weighted by Gasteiger charge is 2.31. The molecule has 0 bridgehead atoms. The lowest BCUT2D eigenvalue weighted by atomic mass is 9.93. The Bertz CT molecular complexity index is 696. The standard InChI is InChI=1S/C19H24N2O4/c1-12(2)18(19(24)25-4)20-17(23)11-16-15-8-6-5-7-14(15)9-10-21(16)13(3)22/h5-10,12,16,18H,11H2,1-4H3,(H,20,23)/t16?,18-/m0/s1. The molecule has 0 radical (unpaired) electrons. The first kappa shape index (κ1) is 18.7. The minimum absolute atomic E-state index is 0.0706. The van der Waals surface area contributed by atoms with Crippen LogP contribution in [0.1, 0.15) is 44.4 Å². The predicted molar refractivity (Wildman–Crippen MR) is 94.1 cm³/mol. The van der Waals surface area contributed by atoms with Gasteiger partial charge in [0.15, 0.2) is 0 Å². The predicted octanol–water partition coefficient (Wildman–Crippen LogP) is 2.26. The van der Waals surface area contributed by atoms with Crippen molar-refractivity contribution in [3.63, 3.8) is 0 Å². The van der Waals surface area contributed by atoms with Gasteiger partial charge in [0.05, 0.1) is 19.6 Å². The van der Waals surface area contributed by atoms with Gasteiger partial charge in [0.25, 0.3) is 0 Å². The van der Waals surface area contributed by atoms with E-state index in [1.54, 1.807) is 11.1 Å². The number of rotatable bonds is 5. The van der Waals surface area contributed by atoms with Crippen LogP contribution in [0.3, 0.4) is 0 Å². The van der Waals surface area contributed by atoms with E-state index in [0.717, 1.165) is 11.1 Å². The molecule has 1 N–H and O–H groups in total. The maximum absolute atomic E-state index is 12.5. The smallest absolute Gasteiger partial charge is 0.328 e. The van der Waals surface area contributed by atoms with Gasteiger partial charge in [-0.05, 0) is 23.1 Å². The summed E-state index contributed by atoms with van der Waals surface area (Å²) in [7, 11) is 1.30. The first-order valence-corrected chi connectivity index (χ1v) is 8.28. The fourth-order valence-corrected chi connectivity index (χ4v) is 2.95. The number of carbonyl (C=O) groups excluding carboxylic acids is 3. The Hall–Kier alpha value is -2.63. The summed E-state index contributed by atoms with van der Waals surface area (Å²) in [5, 5.41) is 2.73. The summed E-state index contributed by atoms with van der Waals surface area (Å²) in [5.41, 5.74) is 1.89. The van der Waals surface area contributed by atoms with E-state index >= 15 is 0 Å². The molecular weight excluding hydrogens is 320 g/mol. The summed E-state index contributed by atoms with van der Waals surface area (Å²) in [6, 6.07) is 6.54. The van der Waals surface area contributed by atoms with Gasteiger partial charge >= 0.3 is 5.97 Å². The van der Waals surface area contributed by atoms with Gasteiger partial charge < -0.3 is 15.0 Å². The van der Waals surface area contributed by atoms with Crippen molar-refractivity contribution in [1.82, 2.24) is 10.2 Å². The van der Waals surface area contributed by atoms with Crippen LogP contribution in [0.15, 0.2) is 30.5 Å². The quantitative estimate of drug-likeness (QED) is 0.832. The molecule has 1 aromatic carbocycles. The second-order valence-electron chi connectivity index (χ2n) is 6.40. The Morgan fingerprint density at radius 3 is 2.52 bits per heavy atom. The summed E-state index contributed by atoms with van der Waals surface area (Å²) in [6.45, 7) is 5.14. The zero-order valence-corrected chi connectivity index (χ0v) is 15.0. The number of hydrogen-bond acceptors (Lipinski definition) is 4. The Morgan fingerprint density at radius 2 is 1.92 bits per heavy atom. The van der Waals surface area contributed by atoms with Crippen LogP contribution in [-0.2, 0) is 19.1 Å². The Morgan fingerprint density at radius 1 is 1.24 bits per heavy atom. The Kier molecular flexibility index (Phi) is 5.96. The molecule has 2 amide bonds. The zero-order valence-electron chi connectivity index (χ0n) is 15.0. The number of fused-ring (bicyclic) bond motifs is 1. The van der Waals surface area contributed by atoms with E-state index in [0.29, 0.717) is 0 Å². The molecule has 0 saturated heterocycles. The van der Waals surface area contributed by atoms with Crippen molar-refractivity contribution in [2.45, 2.75) is 39.3 Å². The minimum Gasteiger partial charge on any atom is -0.467 e. The molecule has 6 nitrogen and oxygen atoms in total. The number of nitrogens with one attached hydrogen (secondary N) is 1. The maximum atomic E-state index is 12.5. The number of amides is 2. The maximum Gasteiger partial charge on any atom is 0.328 e. The summed E-state index contributed by atoms with van der Waals surface area (Å²) in [4.78, 5) is 37.9. The summed E-state index contributed by atoms with van der Waals surface area (Å²) in [6.07, 6.45) is 3.63. The molecule has 1 aliphatic rings. The first-order valence-electron chi connectivity index (χ1n) is 8.28. The number of esters is 1. The molecular formula is C19H24N2O4. The minimum atomic E-state index is -0.711. The number of nitrogens with zero attached hydrogens (tertiary/aromatic N) is 1. The van der Waals surface area contributed by atoms with Crippen LogP contribution in [0.25, 0.3) is 6.08 Å². The van der Waals surface area contributed by atoms with Crippen LogP contribution in [0.4, 0.5) is 0 Å². The molecule has 2 atom stereocenters. The largest absolute Gasteiger partial charge is 0.467 e. The van der Waals surface area contributed by atoms with E-state index in [2.05, 4.69) is 5.32 Å². The molecule has 0 fully saturated rings. The van der Waals surface area contributed by atoms with E-state index < -0.39 is 18.1 Å². The summed E-state index contributed by atoms with van der Waals surface area (Å²) in [5.74, 6) is -1.02. The molecule has 134 valence electrons. The van der Waals surface area contributed by atoms with Crippen molar-refractivity contribution in [3.8, 4) is 0 Å². The SMILES string of the molecule is COC(=O)[C@@H](NC(=O)CC1c2ccccc2C=CN1C(C)=O)C(C)C. The lowest BCUT2D eigenvalue weighted by Gasteiger charge is -2.32. The van der Waals surface area contributed by atoms with Crippen molar-refractivity contribution in [3.05, 3.63) is 41.6 Å². The van der Waals surface area contributed by atoms with Gasteiger partial charge in [0.1, 0.15) is 6.04 Å². The second kappa shape index (κ2) is 7.96. The van der Waals surface area contributed by atoms with E-state index in [1.807, 2.05) is 44.2 Å². The van der Waals surface area contributed by atoms with Crippen LogP contribution < -0.4 is 5.32 Å². The van der Waals surface area contributed by atoms with Crippen molar-refractivity contribution < 1.29 is 19.1 Å². The van der Waals surface area contributed by atoms with Gasteiger partial charge in [-0.2, -0.15) is 0 Å². The van der Waals surface area contributed by atoms with Crippen molar-refractivity contribution in [1.29, 1.82) is 0 Å². The second-order valence-corrected chi connectivity index (χ2v) is 6.40. The highest BCUT2D eigenvalue weighted by atomic mass is 16.5. The monoisotopic (exact) mass is 344 g/mol. The first-order chi connectivity index (χ1) is 11.8. The lowest BCUT2D eigenvalue weighted by molar-refractivity contribution is -0.146. The van der Waals surface area contributed by atoms with E-state index in [4.69, 9.17) is 4.74 Å².